The zero-order valence-corrected chi connectivity index (χ0v) is 17.9. The largest absolute Gasteiger partial charge is 0.369 e. The third-order valence-electron chi connectivity index (χ3n) is 5.76. The second-order valence-electron chi connectivity index (χ2n) is 7.95. The first-order chi connectivity index (χ1) is 14.1. The Bertz CT molecular complexity index is 624. The van der Waals surface area contributed by atoms with E-state index < -0.39 is 0 Å². The van der Waals surface area contributed by atoms with Gasteiger partial charge < -0.3 is 30.7 Å². The van der Waals surface area contributed by atoms with Crippen molar-refractivity contribution >= 4 is 23.6 Å². The van der Waals surface area contributed by atoms with Gasteiger partial charge in [0.05, 0.1) is 0 Å². The standard InChI is InChI=1S/C20H36N8O/c1-3-26(19(21)29)15-14-25(2)13-8-22-17-16-18(27-9-4-5-10-27)24-20(23-17)28-11-6-7-12-28/h16H,3-15H2,1-2H3,(H2,21,29)(H,22,23,24). The van der Waals surface area contributed by atoms with Crippen LogP contribution in [-0.4, -0.2) is 91.7 Å². The fraction of sp³-hybridized carbons (Fsp3) is 0.750. The number of likely N-dealkylation sites (N-methyl/N-ethyl adjacent to an activating group) is 2. The summed E-state index contributed by atoms with van der Waals surface area (Å²) in [6, 6.07) is 1.72. The van der Waals surface area contributed by atoms with Crippen LogP contribution in [0.3, 0.4) is 0 Å². The Morgan fingerprint density at radius 3 is 2.34 bits per heavy atom. The zero-order valence-electron chi connectivity index (χ0n) is 17.9. The SMILES string of the molecule is CCN(CCN(C)CCNc1cc(N2CCCC2)nc(N2CCCC2)n1)C(N)=O. The quantitative estimate of drug-likeness (QED) is 0.609. The Kier molecular flexibility index (Phi) is 7.74. The number of aromatic nitrogens is 2. The van der Waals surface area contributed by atoms with Crippen LogP contribution in [0.15, 0.2) is 6.07 Å². The average molecular weight is 405 g/mol. The fourth-order valence-corrected chi connectivity index (χ4v) is 3.88. The molecule has 0 bridgehead atoms. The van der Waals surface area contributed by atoms with Gasteiger partial charge in [-0.2, -0.15) is 9.97 Å². The number of urea groups is 1. The summed E-state index contributed by atoms with van der Waals surface area (Å²) in [4.78, 5) is 29.5. The van der Waals surface area contributed by atoms with Crippen molar-refractivity contribution in [3.63, 3.8) is 0 Å². The van der Waals surface area contributed by atoms with Crippen LogP contribution < -0.4 is 20.9 Å². The highest BCUT2D eigenvalue weighted by Gasteiger charge is 2.20. The lowest BCUT2D eigenvalue weighted by atomic mass is 10.4. The maximum atomic E-state index is 11.3. The van der Waals surface area contributed by atoms with Crippen LogP contribution in [0.5, 0.6) is 0 Å². The summed E-state index contributed by atoms with van der Waals surface area (Å²) in [5, 5.41) is 3.48. The van der Waals surface area contributed by atoms with Gasteiger partial charge in [-0.15, -0.1) is 0 Å². The number of nitrogens with two attached hydrogens (primary N) is 1. The molecule has 0 atom stereocenters. The lowest BCUT2D eigenvalue weighted by molar-refractivity contribution is 0.201. The molecule has 0 saturated carbocycles. The van der Waals surface area contributed by atoms with Gasteiger partial charge in [0.1, 0.15) is 11.6 Å². The van der Waals surface area contributed by atoms with E-state index >= 15 is 0 Å². The second kappa shape index (κ2) is 10.5. The summed E-state index contributed by atoms with van der Waals surface area (Å²) in [7, 11) is 2.06. The lowest BCUT2D eigenvalue weighted by Gasteiger charge is -2.24. The molecule has 1 aromatic heterocycles. The first kappa shape index (κ1) is 21.4. The zero-order chi connectivity index (χ0) is 20.6. The summed E-state index contributed by atoms with van der Waals surface area (Å²) in [6.07, 6.45) is 4.89. The summed E-state index contributed by atoms with van der Waals surface area (Å²) < 4.78 is 0. The van der Waals surface area contributed by atoms with Gasteiger partial charge in [0.2, 0.25) is 5.95 Å². The Morgan fingerprint density at radius 2 is 1.72 bits per heavy atom. The van der Waals surface area contributed by atoms with E-state index in [1.165, 1.54) is 25.7 Å². The molecule has 2 saturated heterocycles. The third-order valence-corrected chi connectivity index (χ3v) is 5.76. The Labute approximate surface area is 174 Å². The number of carbonyl (C=O) groups is 1. The molecular weight excluding hydrogens is 368 g/mol. The fourth-order valence-electron chi connectivity index (χ4n) is 3.88. The average Bonchev–Trinajstić information content (AvgIpc) is 3.42. The third kappa shape index (κ3) is 6.09. The topological polar surface area (TPSA) is 93.9 Å². The van der Waals surface area contributed by atoms with E-state index in [1.54, 1.807) is 4.90 Å². The molecule has 2 aliphatic rings. The number of nitrogens with zero attached hydrogens (tertiary/aromatic N) is 6. The molecule has 9 nitrogen and oxygen atoms in total. The van der Waals surface area contributed by atoms with E-state index in [9.17, 15) is 4.79 Å². The minimum absolute atomic E-state index is 0.358. The second-order valence-corrected chi connectivity index (χ2v) is 7.95. The molecule has 0 spiro atoms. The smallest absolute Gasteiger partial charge is 0.314 e. The minimum atomic E-state index is -0.358. The van der Waals surface area contributed by atoms with Crippen molar-refractivity contribution in [2.75, 3.05) is 81.1 Å². The molecule has 2 aliphatic heterocycles. The summed E-state index contributed by atoms with van der Waals surface area (Å²) >= 11 is 0. The highest BCUT2D eigenvalue weighted by Crippen LogP contribution is 2.25. The molecule has 0 radical (unpaired) electrons. The lowest BCUT2D eigenvalue weighted by Crippen LogP contribution is -2.41. The van der Waals surface area contributed by atoms with Crippen molar-refractivity contribution in [3.05, 3.63) is 6.07 Å². The monoisotopic (exact) mass is 404 g/mol. The van der Waals surface area contributed by atoms with Crippen LogP contribution in [0.4, 0.5) is 22.4 Å². The first-order valence-corrected chi connectivity index (χ1v) is 10.9. The number of hydrogen-bond acceptors (Lipinski definition) is 7. The van der Waals surface area contributed by atoms with Crippen molar-refractivity contribution < 1.29 is 4.79 Å². The van der Waals surface area contributed by atoms with Crippen LogP contribution in [0.25, 0.3) is 0 Å². The van der Waals surface area contributed by atoms with E-state index in [1.807, 2.05) is 6.92 Å². The Hall–Kier alpha value is -2.29. The molecule has 0 aliphatic carbocycles. The maximum absolute atomic E-state index is 11.3. The number of anilines is 3. The summed E-state index contributed by atoms with van der Waals surface area (Å²) in [5.41, 5.74) is 5.38. The minimum Gasteiger partial charge on any atom is -0.369 e. The molecule has 2 amide bonds. The molecule has 3 N–H and O–H groups in total. The van der Waals surface area contributed by atoms with Crippen LogP contribution in [0.2, 0.25) is 0 Å². The van der Waals surface area contributed by atoms with Gasteiger partial charge in [-0.25, -0.2) is 4.79 Å². The van der Waals surface area contributed by atoms with Gasteiger partial charge in [-0.1, -0.05) is 0 Å². The van der Waals surface area contributed by atoms with E-state index in [0.717, 1.165) is 63.4 Å². The number of primary amides is 1. The van der Waals surface area contributed by atoms with Crippen molar-refractivity contribution in [3.8, 4) is 0 Å². The van der Waals surface area contributed by atoms with E-state index in [4.69, 9.17) is 15.7 Å². The number of amides is 2. The number of hydrogen-bond donors (Lipinski definition) is 2. The molecule has 2 fully saturated rings. The van der Waals surface area contributed by atoms with Crippen molar-refractivity contribution in [1.82, 2.24) is 19.8 Å². The number of carbonyl (C=O) groups excluding carboxylic acids is 1. The van der Waals surface area contributed by atoms with Crippen LogP contribution in [-0.2, 0) is 0 Å². The van der Waals surface area contributed by atoms with Crippen LogP contribution in [0.1, 0.15) is 32.6 Å². The van der Waals surface area contributed by atoms with Gasteiger partial charge in [-0.05, 0) is 39.7 Å². The van der Waals surface area contributed by atoms with Gasteiger partial charge in [0.25, 0.3) is 0 Å². The van der Waals surface area contributed by atoms with Gasteiger partial charge in [-0.3, -0.25) is 0 Å². The highest BCUT2D eigenvalue weighted by molar-refractivity contribution is 5.71. The van der Waals surface area contributed by atoms with Crippen molar-refractivity contribution in [2.24, 2.45) is 5.73 Å². The molecule has 0 aromatic carbocycles. The molecule has 29 heavy (non-hydrogen) atoms. The molecule has 162 valence electrons. The van der Waals surface area contributed by atoms with E-state index in [0.29, 0.717) is 13.1 Å². The molecule has 3 rings (SSSR count). The number of rotatable bonds is 10. The summed E-state index contributed by atoms with van der Waals surface area (Å²) in [5.74, 6) is 2.78. The normalized spacial score (nSPS) is 16.7. The van der Waals surface area contributed by atoms with Crippen molar-refractivity contribution in [1.29, 1.82) is 0 Å². The van der Waals surface area contributed by atoms with Gasteiger partial charge >= 0.3 is 6.03 Å². The van der Waals surface area contributed by atoms with Crippen LogP contribution in [0, 0.1) is 0 Å². The van der Waals surface area contributed by atoms with Crippen molar-refractivity contribution in [2.45, 2.75) is 32.6 Å². The van der Waals surface area contributed by atoms with Gasteiger partial charge in [0.15, 0.2) is 0 Å². The molecule has 1 aromatic rings. The molecule has 3 heterocycles. The van der Waals surface area contributed by atoms with Crippen LogP contribution >= 0.6 is 0 Å². The van der Waals surface area contributed by atoms with Gasteiger partial charge in [0, 0.05) is 65.0 Å². The predicted molar refractivity (Wildman–Crippen MR) is 118 cm³/mol. The Morgan fingerprint density at radius 1 is 1.07 bits per heavy atom. The molecule has 9 heteroatoms. The predicted octanol–water partition coefficient (Wildman–Crippen LogP) is 1.42. The van der Waals surface area contributed by atoms with E-state index in [-0.39, 0.29) is 6.03 Å². The summed E-state index contributed by atoms with van der Waals surface area (Å²) in [6.45, 7) is 9.90. The van der Waals surface area contributed by atoms with E-state index in [2.05, 4.69) is 33.1 Å². The number of nitrogens with one attached hydrogen (secondary N) is 1. The first-order valence-electron chi connectivity index (χ1n) is 10.9. The Balaban J connectivity index is 1.55. The molecular formula is C20H36N8O. The maximum Gasteiger partial charge on any atom is 0.314 e. The molecule has 0 unspecified atom stereocenters. The highest BCUT2D eigenvalue weighted by atomic mass is 16.2.